The van der Waals surface area contributed by atoms with Gasteiger partial charge in [-0.25, -0.2) is 4.98 Å². The van der Waals surface area contributed by atoms with E-state index in [4.69, 9.17) is 10.00 Å². The zero-order valence-corrected chi connectivity index (χ0v) is 20.4. The topological polar surface area (TPSA) is 66.5 Å². The lowest BCUT2D eigenvalue weighted by atomic mass is 9.97. The van der Waals surface area contributed by atoms with Crippen molar-refractivity contribution in [3.8, 4) is 34.2 Å². The Labute approximate surface area is 201 Å². The van der Waals surface area contributed by atoms with Gasteiger partial charge in [-0.3, -0.25) is 9.38 Å². The van der Waals surface area contributed by atoms with Gasteiger partial charge in [-0.05, 0) is 82.2 Å². The Morgan fingerprint density at radius 1 is 0.971 bits per heavy atom. The number of methoxy groups -OCH3 is 1. The van der Waals surface area contributed by atoms with Crippen LogP contribution in [0.15, 0.2) is 55.1 Å². The van der Waals surface area contributed by atoms with E-state index in [-0.39, 0.29) is 0 Å². The van der Waals surface area contributed by atoms with Gasteiger partial charge in [-0.15, -0.1) is 0 Å². The number of fused-ring (bicyclic) bond motifs is 1. The summed E-state index contributed by atoms with van der Waals surface area (Å²) in [7, 11) is 3.85. The molecule has 3 aromatic heterocycles. The highest BCUT2D eigenvalue weighted by molar-refractivity contribution is 5.86. The molecule has 4 aromatic rings. The maximum atomic E-state index is 9.09. The minimum atomic E-state index is 0.629. The molecule has 1 aromatic carbocycles. The molecular formula is C28H31N5O. The fourth-order valence-corrected chi connectivity index (χ4v) is 4.29. The van der Waals surface area contributed by atoms with Crippen LogP contribution in [0.25, 0.3) is 27.9 Å². The van der Waals surface area contributed by atoms with Crippen LogP contribution in [0, 0.1) is 25.2 Å². The third kappa shape index (κ3) is 4.95. The van der Waals surface area contributed by atoms with Crippen molar-refractivity contribution < 1.29 is 4.74 Å². The number of aryl methyl sites for hydroxylation is 2. The number of pyridine rings is 2. The highest BCUT2D eigenvalue weighted by Crippen LogP contribution is 2.37. The molecular weight excluding hydrogens is 422 g/mol. The van der Waals surface area contributed by atoms with Crippen molar-refractivity contribution in [1.82, 2.24) is 19.3 Å². The maximum absolute atomic E-state index is 9.09. The number of aromatic nitrogens is 3. The van der Waals surface area contributed by atoms with Crippen LogP contribution in [-0.2, 0) is 0 Å². The molecule has 0 spiro atoms. The molecule has 0 bridgehead atoms. The molecule has 0 N–H and O–H groups in total. The normalized spacial score (nSPS) is 13.7. The smallest absolute Gasteiger partial charge is 0.145 e. The average Bonchev–Trinajstić information content (AvgIpc) is 3.36. The number of imidazole rings is 1. The zero-order valence-electron chi connectivity index (χ0n) is 20.4. The summed E-state index contributed by atoms with van der Waals surface area (Å²) < 4.78 is 7.62. The number of piperidine rings is 1. The number of hydrogen-bond donors (Lipinski definition) is 0. The fraction of sp³-hybridized carbons (Fsp3) is 0.321. The van der Waals surface area contributed by atoms with Crippen molar-refractivity contribution in [2.75, 3.05) is 27.2 Å². The van der Waals surface area contributed by atoms with Crippen molar-refractivity contribution in [2.45, 2.75) is 33.1 Å². The van der Waals surface area contributed by atoms with Crippen LogP contribution in [-0.4, -0.2) is 46.5 Å². The number of nitrogens with zero attached hydrogens (tertiary/aromatic N) is 5. The van der Waals surface area contributed by atoms with E-state index in [9.17, 15) is 0 Å². The molecule has 174 valence electrons. The average molecular weight is 454 g/mol. The van der Waals surface area contributed by atoms with Gasteiger partial charge < -0.3 is 9.64 Å². The molecule has 1 aliphatic rings. The highest BCUT2D eigenvalue weighted by Gasteiger charge is 2.17. The van der Waals surface area contributed by atoms with Crippen molar-refractivity contribution in [3.05, 3.63) is 71.9 Å². The Balaban J connectivity index is 0.000000336. The van der Waals surface area contributed by atoms with Gasteiger partial charge in [0.15, 0.2) is 0 Å². The van der Waals surface area contributed by atoms with Crippen LogP contribution in [0.3, 0.4) is 0 Å². The van der Waals surface area contributed by atoms with E-state index in [1.54, 1.807) is 19.6 Å². The van der Waals surface area contributed by atoms with Crippen LogP contribution in [0.1, 0.15) is 36.1 Å². The number of nitriles is 1. The minimum Gasteiger partial charge on any atom is -0.494 e. The minimum absolute atomic E-state index is 0.629. The van der Waals surface area contributed by atoms with E-state index in [2.05, 4.69) is 41.0 Å². The highest BCUT2D eigenvalue weighted by atomic mass is 16.5. The van der Waals surface area contributed by atoms with Crippen molar-refractivity contribution in [2.24, 2.45) is 0 Å². The van der Waals surface area contributed by atoms with Gasteiger partial charge >= 0.3 is 0 Å². The molecule has 0 unspecified atom stereocenters. The summed E-state index contributed by atoms with van der Waals surface area (Å²) in [6.07, 6.45) is 9.74. The summed E-state index contributed by atoms with van der Waals surface area (Å²) in [4.78, 5) is 11.3. The Bertz CT molecular complexity index is 1310. The summed E-state index contributed by atoms with van der Waals surface area (Å²) in [5, 5.41) is 9.09. The molecule has 1 fully saturated rings. The van der Waals surface area contributed by atoms with E-state index in [1.807, 2.05) is 47.9 Å². The second-order valence-electron chi connectivity index (χ2n) is 8.80. The van der Waals surface area contributed by atoms with Gasteiger partial charge in [-0.1, -0.05) is 18.6 Å². The van der Waals surface area contributed by atoms with Crippen LogP contribution in [0.4, 0.5) is 0 Å². The van der Waals surface area contributed by atoms with Crippen LogP contribution in [0.2, 0.25) is 0 Å². The molecule has 0 amide bonds. The number of hydrogen-bond acceptors (Lipinski definition) is 5. The Morgan fingerprint density at radius 3 is 2.29 bits per heavy atom. The monoisotopic (exact) mass is 453 g/mol. The second-order valence-corrected chi connectivity index (χ2v) is 8.80. The van der Waals surface area contributed by atoms with E-state index in [0.29, 0.717) is 5.56 Å². The molecule has 0 aliphatic carbocycles. The Kier molecular flexibility index (Phi) is 7.24. The summed E-state index contributed by atoms with van der Waals surface area (Å²) in [5.74, 6) is 0.743. The number of rotatable bonds is 3. The Hall–Kier alpha value is -3.69. The van der Waals surface area contributed by atoms with E-state index in [0.717, 1.165) is 44.9 Å². The fourth-order valence-electron chi connectivity index (χ4n) is 4.29. The van der Waals surface area contributed by atoms with Gasteiger partial charge in [0.2, 0.25) is 0 Å². The summed E-state index contributed by atoms with van der Waals surface area (Å²) in [6, 6.07) is 13.9. The number of benzene rings is 1. The predicted octanol–water partition coefficient (Wildman–Crippen LogP) is 5.66. The summed E-state index contributed by atoms with van der Waals surface area (Å²) in [6.45, 7) is 6.70. The third-order valence-corrected chi connectivity index (χ3v) is 6.40. The summed E-state index contributed by atoms with van der Waals surface area (Å²) in [5.41, 5.74) is 7.64. The standard InChI is InChI=1S/C22H18N4O.C6H13N/c1-14-8-18(11-25-15(14)2)22-19(17-6-4-16(10-23)5-7-17)9-21(27-3)20-12-24-13-26(20)22;1-7-5-3-2-4-6-7/h4-9,11-13H,1-3H3;2-6H2,1H3. The van der Waals surface area contributed by atoms with E-state index < -0.39 is 0 Å². The molecule has 4 heterocycles. The van der Waals surface area contributed by atoms with Crippen LogP contribution < -0.4 is 4.74 Å². The van der Waals surface area contributed by atoms with Gasteiger partial charge in [0.1, 0.15) is 11.3 Å². The molecule has 0 radical (unpaired) electrons. The summed E-state index contributed by atoms with van der Waals surface area (Å²) >= 11 is 0. The third-order valence-electron chi connectivity index (χ3n) is 6.40. The molecule has 5 rings (SSSR count). The van der Waals surface area contributed by atoms with Gasteiger partial charge in [0, 0.05) is 23.0 Å². The maximum Gasteiger partial charge on any atom is 0.145 e. The second kappa shape index (κ2) is 10.5. The first kappa shape index (κ1) is 23.5. The largest absolute Gasteiger partial charge is 0.494 e. The Morgan fingerprint density at radius 2 is 1.71 bits per heavy atom. The lowest BCUT2D eigenvalue weighted by Gasteiger charge is -2.20. The molecule has 6 heteroatoms. The first-order valence-electron chi connectivity index (χ1n) is 11.7. The first-order chi connectivity index (χ1) is 16.5. The predicted molar refractivity (Wildman–Crippen MR) is 136 cm³/mol. The van der Waals surface area contributed by atoms with Gasteiger partial charge in [0.05, 0.1) is 37.0 Å². The molecule has 1 saturated heterocycles. The van der Waals surface area contributed by atoms with Crippen LogP contribution in [0.5, 0.6) is 5.75 Å². The van der Waals surface area contributed by atoms with Gasteiger partial charge in [0.25, 0.3) is 0 Å². The molecule has 0 saturated carbocycles. The molecule has 34 heavy (non-hydrogen) atoms. The lowest BCUT2D eigenvalue weighted by Crippen LogP contribution is -2.24. The SMILES string of the molecule is CN1CCCCC1.COc1cc(-c2ccc(C#N)cc2)c(-c2cnc(C)c(C)c2)n2cncc12. The van der Waals surface area contributed by atoms with E-state index >= 15 is 0 Å². The zero-order chi connectivity index (χ0) is 24.1. The quantitative estimate of drug-likeness (QED) is 0.400. The molecule has 6 nitrogen and oxygen atoms in total. The van der Waals surface area contributed by atoms with E-state index in [1.165, 1.54) is 32.4 Å². The first-order valence-corrected chi connectivity index (χ1v) is 11.7. The van der Waals surface area contributed by atoms with Crippen LogP contribution >= 0.6 is 0 Å². The molecule has 1 aliphatic heterocycles. The molecule has 0 atom stereocenters. The lowest BCUT2D eigenvalue weighted by molar-refractivity contribution is 0.277. The number of likely N-dealkylation sites (tertiary alicyclic amines) is 1. The van der Waals surface area contributed by atoms with Crippen molar-refractivity contribution in [1.29, 1.82) is 5.26 Å². The van der Waals surface area contributed by atoms with Crippen molar-refractivity contribution in [3.63, 3.8) is 0 Å². The van der Waals surface area contributed by atoms with Gasteiger partial charge in [-0.2, -0.15) is 5.26 Å². The number of ether oxygens (including phenoxy) is 1. The van der Waals surface area contributed by atoms with Crippen molar-refractivity contribution >= 4 is 5.52 Å².